The van der Waals surface area contributed by atoms with Crippen molar-refractivity contribution in [1.29, 1.82) is 0 Å². The van der Waals surface area contributed by atoms with Crippen LogP contribution in [0, 0.1) is 5.82 Å². The Bertz CT molecular complexity index is 491. The molecule has 9 heteroatoms. The first-order valence-corrected chi connectivity index (χ1v) is 5.74. The van der Waals surface area contributed by atoms with Gasteiger partial charge in [0.2, 0.25) is 0 Å². The third-order valence-electron chi connectivity index (χ3n) is 1.40. The molecule has 0 atom stereocenters. The highest BCUT2D eigenvalue weighted by molar-refractivity contribution is 9.10. The monoisotopic (exact) mass is 304 g/mol. The lowest BCUT2D eigenvalue weighted by molar-refractivity contribution is 0.144. The van der Waals surface area contributed by atoms with Crippen LogP contribution in [0.3, 0.4) is 0 Å². The second-order valence-corrected chi connectivity index (χ2v) is 4.76. The fraction of sp³-hybridized carbons (Fsp3) is 0.167. The summed E-state index contributed by atoms with van der Waals surface area (Å²) in [5.41, 5.74) is -0.986. The van der Waals surface area contributed by atoms with Crippen LogP contribution in [-0.4, -0.2) is 13.4 Å². The van der Waals surface area contributed by atoms with Crippen LogP contribution < -0.4 is 5.14 Å². The standard InChI is InChI=1S/C6H4BrF3N2O2S/c7-4-2(8)1-3(5(9)10)12-6(4)15(11,13)14/h1,5H,(H2,11,13,14). The Labute approximate surface area is 91.5 Å². The zero-order chi connectivity index (χ0) is 11.8. The van der Waals surface area contributed by atoms with Crippen LogP contribution >= 0.6 is 15.9 Å². The van der Waals surface area contributed by atoms with Gasteiger partial charge in [-0.05, 0) is 15.9 Å². The quantitative estimate of drug-likeness (QED) is 0.901. The maximum Gasteiger partial charge on any atom is 0.280 e. The number of hydrogen-bond acceptors (Lipinski definition) is 3. The van der Waals surface area contributed by atoms with Crippen LogP contribution in [0.4, 0.5) is 13.2 Å². The first kappa shape index (κ1) is 12.4. The Kier molecular flexibility index (Phi) is 3.36. The number of rotatable bonds is 2. The van der Waals surface area contributed by atoms with Crippen molar-refractivity contribution >= 4 is 26.0 Å². The minimum atomic E-state index is -4.34. The molecule has 1 aromatic rings. The van der Waals surface area contributed by atoms with Gasteiger partial charge < -0.3 is 0 Å². The summed E-state index contributed by atoms with van der Waals surface area (Å²) in [4.78, 5) is 3.05. The van der Waals surface area contributed by atoms with E-state index in [9.17, 15) is 21.6 Å². The number of nitrogens with two attached hydrogens (primary N) is 1. The molecule has 0 aliphatic heterocycles. The van der Waals surface area contributed by atoms with Gasteiger partial charge in [0.05, 0.1) is 4.47 Å². The highest BCUT2D eigenvalue weighted by Gasteiger charge is 2.22. The molecule has 1 heterocycles. The Morgan fingerprint density at radius 2 is 2.00 bits per heavy atom. The van der Waals surface area contributed by atoms with Crippen molar-refractivity contribution in [3.05, 3.63) is 22.1 Å². The summed E-state index contributed by atoms with van der Waals surface area (Å²) in [6, 6.07) is 0.434. The summed E-state index contributed by atoms with van der Waals surface area (Å²) >= 11 is 2.56. The Balaban J connectivity index is 3.52. The van der Waals surface area contributed by atoms with Gasteiger partial charge in [-0.15, -0.1) is 0 Å². The van der Waals surface area contributed by atoms with Crippen molar-refractivity contribution < 1.29 is 21.6 Å². The highest BCUT2D eigenvalue weighted by atomic mass is 79.9. The van der Waals surface area contributed by atoms with Gasteiger partial charge in [0.15, 0.2) is 5.03 Å². The third-order valence-corrected chi connectivity index (χ3v) is 3.25. The molecule has 0 spiro atoms. The molecule has 1 rings (SSSR count). The van der Waals surface area contributed by atoms with E-state index in [0.717, 1.165) is 0 Å². The predicted octanol–water partition coefficient (Wildman–Crippen LogP) is 1.57. The fourth-order valence-corrected chi connectivity index (χ4v) is 2.25. The van der Waals surface area contributed by atoms with E-state index >= 15 is 0 Å². The summed E-state index contributed by atoms with van der Waals surface area (Å²) < 4.78 is 58.5. The maximum absolute atomic E-state index is 13.0. The minimum Gasteiger partial charge on any atom is -0.233 e. The Morgan fingerprint density at radius 1 is 1.47 bits per heavy atom. The number of hydrogen-bond donors (Lipinski definition) is 1. The number of nitrogens with zero attached hydrogens (tertiary/aromatic N) is 1. The van der Waals surface area contributed by atoms with Crippen molar-refractivity contribution in [2.75, 3.05) is 0 Å². The van der Waals surface area contributed by atoms with E-state index in [-0.39, 0.29) is 0 Å². The maximum atomic E-state index is 13.0. The van der Waals surface area contributed by atoms with Crippen LogP contribution in [0.25, 0.3) is 0 Å². The average Bonchev–Trinajstić information content (AvgIpc) is 2.06. The van der Waals surface area contributed by atoms with Crippen molar-refractivity contribution in [2.24, 2.45) is 5.14 Å². The number of sulfonamides is 1. The normalized spacial score (nSPS) is 12.1. The molecule has 0 saturated heterocycles. The molecule has 4 nitrogen and oxygen atoms in total. The second kappa shape index (κ2) is 4.06. The molecule has 0 bridgehead atoms. The van der Waals surface area contributed by atoms with Crippen LogP contribution in [0.1, 0.15) is 12.1 Å². The van der Waals surface area contributed by atoms with E-state index < -0.39 is 37.5 Å². The van der Waals surface area contributed by atoms with E-state index in [0.29, 0.717) is 6.07 Å². The molecular weight excluding hydrogens is 301 g/mol. The topological polar surface area (TPSA) is 73.1 Å². The van der Waals surface area contributed by atoms with Gasteiger partial charge in [0, 0.05) is 6.07 Å². The van der Waals surface area contributed by atoms with Crippen LogP contribution in [0.5, 0.6) is 0 Å². The number of pyridine rings is 1. The van der Waals surface area contributed by atoms with Crippen LogP contribution in [0.2, 0.25) is 0 Å². The molecule has 0 aromatic carbocycles. The molecule has 84 valence electrons. The smallest absolute Gasteiger partial charge is 0.233 e. The molecule has 0 amide bonds. The molecule has 0 aliphatic carbocycles. The summed E-state index contributed by atoms with van der Waals surface area (Å²) in [7, 11) is -4.34. The molecule has 0 aliphatic rings. The average molecular weight is 305 g/mol. The van der Waals surface area contributed by atoms with E-state index in [2.05, 4.69) is 26.1 Å². The van der Waals surface area contributed by atoms with Gasteiger partial charge in [-0.1, -0.05) is 0 Å². The number of halogens is 4. The lowest BCUT2D eigenvalue weighted by Crippen LogP contribution is -2.16. The highest BCUT2D eigenvalue weighted by Crippen LogP contribution is 2.26. The van der Waals surface area contributed by atoms with E-state index in [1.54, 1.807) is 0 Å². The van der Waals surface area contributed by atoms with Crippen molar-refractivity contribution in [3.8, 4) is 0 Å². The number of alkyl halides is 2. The minimum absolute atomic E-state index is 0.434. The summed E-state index contributed by atoms with van der Waals surface area (Å²) in [5, 5.41) is 3.72. The van der Waals surface area contributed by atoms with Gasteiger partial charge in [0.1, 0.15) is 11.5 Å². The first-order valence-electron chi connectivity index (χ1n) is 3.40. The van der Waals surface area contributed by atoms with Gasteiger partial charge in [0.25, 0.3) is 16.4 Å². The largest absolute Gasteiger partial charge is 0.280 e. The van der Waals surface area contributed by atoms with Crippen molar-refractivity contribution in [2.45, 2.75) is 11.5 Å². The Morgan fingerprint density at radius 3 is 2.40 bits per heavy atom. The summed E-state index contributed by atoms with van der Waals surface area (Å²) in [5.74, 6) is -1.16. The first-order chi connectivity index (χ1) is 6.73. The zero-order valence-corrected chi connectivity index (χ0v) is 9.32. The molecule has 0 radical (unpaired) electrons. The van der Waals surface area contributed by atoms with Crippen molar-refractivity contribution in [3.63, 3.8) is 0 Å². The molecule has 0 fully saturated rings. The lowest BCUT2D eigenvalue weighted by atomic mass is 10.3. The molecule has 0 saturated carbocycles. The predicted molar refractivity (Wildman–Crippen MR) is 48.2 cm³/mol. The van der Waals surface area contributed by atoms with E-state index in [4.69, 9.17) is 0 Å². The van der Waals surface area contributed by atoms with Crippen LogP contribution in [0.15, 0.2) is 15.6 Å². The third kappa shape index (κ3) is 2.67. The van der Waals surface area contributed by atoms with E-state index in [1.807, 2.05) is 0 Å². The SMILES string of the molecule is NS(=O)(=O)c1nc(C(F)F)cc(F)c1Br. The van der Waals surface area contributed by atoms with Crippen molar-refractivity contribution in [1.82, 2.24) is 4.98 Å². The van der Waals surface area contributed by atoms with Gasteiger partial charge >= 0.3 is 0 Å². The van der Waals surface area contributed by atoms with Gasteiger partial charge in [-0.25, -0.2) is 31.7 Å². The molecule has 2 N–H and O–H groups in total. The van der Waals surface area contributed by atoms with Crippen LogP contribution in [-0.2, 0) is 10.0 Å². The number of aromatic nitrogens is 1. The Hall–Kier alpha value is -0.670. The van der Waals surface area contributed by atoms with Gasteiger partial charge in [-0.2, -0.15) is 0 Å². The fourth-order valence-electron chi connectivity index (χ4n) is 0.794. The van der Waals surface area contributed by atoms with Gasteiger partial charge in [-0.3, -0.25) is 0 Å². The molecule has 1 aromatic heterocycles. The summed E-state index contributed by atoms with van der Waals surface area (Å²) in [6.45, 7) is 0. The van der Waals surface area contributed by atoms with E-state index in [1.165, 1.54) is 0 Å². The molecule has 0 unspecified atom stereocenters. The zero-order valence-electron chi connectivity index (χ0n) is 6.92. The lowest BCUT2D eigenvalue weighted by Gasteiger charge is -2.05. The number of primary sulfonamides is 1. The molecular formula is C6H4BrF3N2O2S. The second-order valence-electron chi connectivity index (χ2n) is 2.49. The summed E-state index contributed by atoms with van der Waals surface area (Å²) in [6.07, 6.45) is -3.08. The molecule has 15 heavy (non-hydrogen) atoms.